The molecule has 2 aromatic carbocycles. The molecule has 0 radical (unpaired) electrons. The Morgan fingerprint density at radius 2 is 2.00 bits per heavy atom. The number of halogens is 2. The molecule has 1 N–H and O–H groups in total. The van der Waals surface area contributed by atoms with Crippen molar-refractivity contribution in [2.75, 3.05) is 50.0 Å². The van der Waals surface area contributed by atoms with Gasteiger partial charge in [0.15, 0.2) is 20.6 Å². The van der Waals surface area contributed by atoms with Crippen molar-refractivity contribution in [3.8, 4) is 35.4 Å². The molecule has 0 unspecified atom stereocenters. The van der Waals surface area contributed by atoms with Crippen molar-refractivity contribution in [3.05, 3.63) is 47.9 Å². The quantitative estimate of drug-likeness (QED) is 0.309. The zero-order valence-electron chi connectivity index (χ0n) is 25.6. The van der Waals surface area contributed by atoms with Crippen LogP contribution in [0.15, 0.2) is 36.5 Å². The van der Waals surface area contributed by atoms with E-state index in [1.807, 2.05) is 4.90 Å². The number of alkyl halides is 1. The van der Waals surface area contributed by atoms with Gasteiger partial charge in [-0.2, -0.15) is 9.97 Å². The van der Waals surface area contributed by atoms with E-state index < -0.39 is 32.3 Å². The third-order valence-electron chi connectivity index (χ3n) is 10.4. The number of nitrogens with zero attached hydrogens (tertiary/aromatic N) is 5. The van der Waals surface area contributed by atoms with E-state index >= 15 is 4.39 Å². The number of terminal acetylenes is 1. The Morgan fingerprint density at radius 1 is 1.17 bits per heavy atom. The number of ether oxygens (including phenoxy) is 2. The fourth-order valence-electron chi connectivity index (χ4n) is 8.01. The van der Waals surface area contributed by atoms with Crippen LogP contribution >= 0.6 is 0 Å². The molecule has 0 amide bonds. The molecule has 4 aliphatic rings. The summed E-state index contributed by atoms with van der Waals surface area (Å²) in [6, 6.07) is 8.19. The van der Waals surface area contributed by atoms with Crippen LogP contribution in [0.1, 0.15) is 37.7 Å². The van der Waals surface area contributed by atoms with Gasteiger partial charge < -0.3 is 19.5 Å². The molecule has 6 heterocycles. The lowest BCUT2D eigenvalue weighted by Gasteiger charge is -2.38. The predicted molar refractivity (Wildman–Crippen MR) is 172 cm³/mol. The molecule has 4 aromatic rings. The Hall–Kier alpha value is -4.12. The number of rotatable bonds is 5. The van der Waals surface area contributed by atoms with Crippen molar-refractivity contribution in [3.63, 3.8) is 0 Å². The SMILES string of the molecule is C#Cc1cccc2cc(O)cc(-c3ncc4c(N5CCC6(CC5)OCCS6(=O)=O)nc(OC[C@@]56CCCN5C[C@H](F)C6)nc4c3F)c12. The molecule has 0 saturated carbocycles. The first kappa shape index (κ1) is 30.2. The summed E-state index contributed by atoms with van der Waals surface area (Å²) < 4.78 is 69.0. The summed E-state index contributed by atoms with van der Waals surface area (Å²) >= 11 is 0. The van der Waals surface area contributed by atoms with Crippen LogP contribution in [0, 0.1) is 18.2 Å². The molecule has 4 saturated heterocycles. The number of anilines is 1. The number of hydrogen-bond donors (Lipinski definition) is 1. The summed E-state index contributed by atoms with van der Waals surface area (Å²) in [7, 11) is -3.42. The molecular formula is C34H33F2N5O5S. The predicted octanol–water partition coefficient (Wildman–Crippen LogP) is 4.37. The summed E-state index contributed by atoms with van der Waals surface area (Å²) in [5, 5.41) is 12.1. The second-order valence-corrected chi connectivity index (χ2v) is 15.4. The van der Waals surface area contributed by atoms with Crippen LogP contribution in [0.5, 0.6) is 11.8 Å². The lowest BCUT2D eigenvalue weighted by Crippen LogP contribution is -2.48. The minimum atomic E-state index is -3.42. The summed E-state index contributed by atoms with van der Waals surface area (Å²) in [5.74, 6) is 2.15. The Balaban J connectivity index is 1.24. The number of pyridine rings is 1. The second kappa shape index (κ2) is 11.0. The normalized spacial score (nSPS) is 25.0. The monoisotopic (exact) mass is 661 g/mol. The third-order valence-corrected chi connectivity index (χ3v) is 12.7. The van der Waals surface area contributed by atoms with Gasteiger partial charge in [-0.3, -0.25) is 9.88 Å². The van der Waals surface area contributed by atoms with Gasteiger partial charge in [0, 0.05) is 61.6 Å². The molecule has 4 aliphatic heterocycles. The van der Waals surface area contributed by atoms with Crippen molar-refractivity contribution in [2.45, 2.75) is 48.7 Å². The highest BCUT2D eigenvalue weighted by molar-refractivity contribution is 7.92. The molecule has 2 aromatic heterocycles. The standard InChI is InChI=1S/C34H33F2N5O5S/c1-2-21-5-3-6-22-15-24(42)16-25(27(21)22)29-28(36)30-26(18-37-29)31(40-11-8-34(9-12-40)46-13-14-47(34,43)44)39-32(38-30)45-20-33-7-4-10-41(33)19-23(35)17-33/h1,3,5-6,15-16,18,23,42H,4,7-14,17,19-20H2/t23-,33+/m1/s1. The fraction of sp³-hybridized carbons (Fsp3) is 0.441. The van der Waals surface area contributed by atoms with Gasteiger partial charge in [-0.05, 0) is 43.0 Å². The lowest BCUT2D eigenvalue weighted by molar-refractivity contribution is 0.0285. The van der Waals surface area contributed by atoms with E-state index in [0.29, 0.717) is 46.1 Å². The molecule has 0 aliphatic carbocycles. The highest BCUT2D eigenvalue weighted by Gasteiger charge is 2.51. The van der Waals surface area contributed by atoms with Gasteiger partial charge in [0.25, 0.3) is 0 Å². The molecule has 1 spiro atoms. The maximum Gasteiger partial charge on any atom is 0.319 e. The van der Waals surface area contributed by atoms with Gasteiger partial charge in [-0.15, -0.1) is 6.42 Å². The smallest absolute Gasteiger partial charge is 0.319 e. The van der Waals surface area contributed by atoms with Gasteiger partial charge in [0.05, 0.1) is 23.3 Å². The van der Waals surface area contributed by atoms with Crippen LogP contribution in [-0.2, 0) is 14.6 Å². The first-order valence-corrected chi connectivity index (χ1v) is 17.5. The summed E-state index contributed by atoms with van der Waals surface area (Å²) in [5.41, 5.74) is 0.235. The van der Waals surface area contributed by atoms with Crippen LogP contribution in [0.25, 0.3) is 32.9 Å². The lowest BCUT2D eigenvalue weighted by atomic mass is 9.95. The topological polar surface area (TPSA) is 118 Å². The minimum Gasteiger partial charge on any atom is -0.508 e. The van der Waals surface area contributed by atoms with E-state index in [1.165, 1.54) is 12.3 Å². The van der Waals surface area contributed by atoms with Gasteiger partial charge >= 0.3 is 6.01 Å². The zero-order valence-corrected chi connectivity index (χ0v) is 26.4. The summed E-state index contributed by atoms with van der Waals surface area (Å²) in [4.78, 5) is 16.5. The van der Waals surface area contributed by atoms with Crippen molar-refractivity contribution in [1.29, 1.82) is 0 Å². The van der Waals surface area contributed by atoms with Gasteiger partial charge in [-0.25, -0.2) is 17.2 Å². The van der Waals surface area contributed by atoms with Crippen molar-refractivity contribution in [1.82, 2.24) is 19.9 Å². The van der Waals surface area contributed by atoms with Crippen LogP contribution in [0.2, 0.25) is 0 Å². The van der Waals surface area contributed by atoms with Crippen LogP contribution in [0.4, 0.5) is 14.6 Å². The molecular weight excluding hydrogens is 628 g/mol. The first-order valence-electron chi connectivity index (χ1n) is 15.8. The summed E-state index contributed by atoms with van der Waals surface area (Å²) in [6.07, 6.45) is 8.85. The summed E-state index contributed by atoms with van der Waals surface area (Å²) in [6.45, 7) is 2.04. The van der Waals surface area contributed by atoms with Crippen molar-refractivity contribution >= 4 is 37.3 Å². The average Bonchev–Trinajstić information content (AvgIpc) is 3.68. The van der Waals surface area contributed by atoms with Crippen LogP contribution in [0.3, 0.4) is 0 Å². The Labute approximate surface area is 270 Å². The molecule has 0 bridgehead atoms. The zero-order chi connectivity index (χ0) is 32.6. The second-order valence-electron chi connectivity index (χ2n) is 13.0. The number of hydrogen-bond acceptors (Lipinski definition) is 10. The molecule has 244 valence electrons. The van der Waals surface area contributed by atoms with Gasteiger partial charge in [-0.1, -0.05) is 18.1 Å². The first-order chi connectivity index (χ1) is 22.6. The highest BCUT2D eigenvalue weighted by atomic mass is 32.2. The minimum absolute atomic E-state index is 0.0110. The maximum atomic E-state index is 16.8. The van der Waals surface area contributed by atoms with E-state index in [2.05, 4.69) is 20.8 Å². The number of phenolic OH excluding ortho intramolecular Hbond substituents is 1. The average molecular weight is 662 g/mol. The Morgan fingerprint density at radius 3 is 2.77 bits per heavy atom. The van der Waals surface area contributed by atoms with E-state index in [4.69, 9.17) is 20.9 Å². The molecule has 10 nitrogen and oxygen atoms in total. The van der Waals surface area contributed by atoms with E-state index in [-0.39, 0.29) is 67.9 Å². The third kappa shape index (κ3) is 4.79. The molecule has 8 rings (SSSR count). The molecule has 13 heteroatoms. The number of fused-ring (bicyclic) bond motifs is 3. The number of aromatic hydroxyl groups is 1. The highest BCUT2D eigenvalue weighted by Crippen LogP contribution is 2.43. The van der Waals surface area contributed by atoms with Crippen LogP contribution < -0.4 is 9.64 Å². The molecule has 47 heavy (non-hydrogen) atoms. The van der Waals surface area contributed by atoms with E-state index in [0.717, 1.165) is 19.4 Å². The van der Waals surface area contributed by atoms with Gasteiger partial charge in [0.1, 0.15) is 35.6 Å². The number of piperidine rings is 1. The van der Waals surface area contributed by atoms with Crippen LogP contribution in [-0.4, -0.2) is 95.2 Å². The van der Waals surface area contributed by atoms with E-state index in [1.54, 1.807) is 24.3 Å². The van der Waals surface area contributed by atoms with Crippen molar-refractivity contribution < 1.29 is 31.8 Å². The molecule has 2 atom stereocenters. The maximum absolute atomic E-state index is 16.8. The van der Waals surface area contributed by atoms with Crippen molar-refractivity contribution in [2.24, 2.45) is 0 Å². The van der Waals surface area contributed by atoms with Gasteiger partial charge in [0.2, 0.25) is 0 Å². The Kier molecular flexibility index (Phi) is 7.05. The van der Waals surface area contributed by atoms with E-state index in [9.17, 15) is 17.9 Å². The fourth-order valence-corrected chi connectivity index (χ4v) is 9.75. The molecule has 4 fully saturated rings. The number of aromatic nitrogens is 3. The largest absolute Gasteiger partial charge is 0.508 e. The number of sulfone groups is 1. The Bertz CT molecular complexity index is 2080. The number of phenols is 1. The number of benzene rings is 2.